The third-order valence-corrected chi connectivity index (χ3v) is 6.43. The smallest absolute Gasteiger partial charge is 0.204 e. The van der Waals surface area contributed by atoms with Crippen molar-refractivity contribution in [1.29, 1.82) is 0 Å². The Morgan fingerprint density at radius 2 is 2.04 bits per heavy atom. The number of hydrogen-bond donors (Lipinski definition) is 1. The zero-order chi connectivity index (χ0) is 19.7. The Bertz CT molecular complexity index is 1130. The van der Waals surface area contributed by atoms with Crippen LogP contribution in [0, 0.1) is 5.41 Å². The zero-order valence-corrected chi connectivity index (χ0v) is 16.4. The van der Waals surface area contributed by atoms with E-state index in [1.165, 1.54) is 0 Å². The Morgan fingerprint density at radius 1 is 1.21 bits per heavy atom. The largest absolute Gasteiger partial charge is 0.374 e. The van der Waals surface area contributed by atoms with Gasteiger partial charge in [-0.25, -0.2) is 4.99 Å². The number of benzene rings is 1. The number of pyridine rings is 1. The molecule has 1 atom stereocenters. The van der Waals surface area contributed by atoms with Gasteiger partial charge in [0.05, 0.1) is 11.2 Å². The van der Waals surface area contributed by atoms with Crippen LogP contribution in [0.15, 0.2) is 64.4 Å². The summed E-state index contributed by atoms with van der Waals surface area (Å²) in [6, 6.07) is 9.91. The van der Waals surface area contributed by atoms with Crippen molar-refractivity contribution in [2.24, 2.45) is 10.4 Å². The summed E-state index contributed by atoms with van der Waals surface area (Å²) < 4.78 is 0. The Kier molecular flexibility index (Phi) is 3.47. The number of Topliss-reactive ketones (excluding diaryl/α,β-unsaturated/α-hetero) is 1. The molecule has 0 unspecified atom stereocenters. The number of rotatable bonds is 1. The highest BCUT2D eigenvalue weighted by Gasteiger charge is 2.53. The van der Waals surface area contributed by atoms with Gasteiger partial charge in [0.2, 0.25) is 5.78 Å². The first-order valence-electron chi connectivity index (χ1n) is 9.70. The van der Waals surface area contributed by atoms with Crippen molar-refractivity contribution in [1.82, 2.24) is 4.98 Å². The molecule has 1 fully saturated rings. The van der Waals surface area contributed by atoms with E-state index in [9.17, 15) is 9.90 Å². The predicted octanol–water partition coefficient (Wildman–Crippen LogP) is 3.79. The molecular formula is C23H23N3O2. The third-order valence-electron chi connectivity index (χ3n) is 6.43. The number of aliphatic hydroxyl groups is 1. The van der Waals surface area contributed by atoms with E-state index in [0.717, 1.165) is 27.9 Å². The van der Waals surface area contributed by atoms with Crippen LogP contribution in [0.1, 0.15) is 33.6 Å². The number of aromatic nitrogens is 1. The summed E-state index contributed by atoms with van der Waals surface area (Å²) in [5.41, 5.74) is 2.77. The third kappa shape index (κ3) is 2.32. The zero-order valence-electron chi connectivity index (χ0n) is 16.4. The molecule has 3 aliphatic rings. The van der Waals surface area contributed by atoms with Crippen molar-refractivity contribution in [3.8, 4) is 0 Å². The molecule has 5 nitrogen and oxygen atoms in total. The van der Waals surface area contributed by atoms with Crippen LogP contribution in [0.3, 0.4) is 0 Å². The van der Waals surface area contributed by atoms with Crippen molar-refractivity contribution in [2.75, 3.05) is 11.4 Å². The van der Waals surface area contributed by atoms with Gasteiger partial charge in [0, 0.05) is 35.8 Å². The summed E-state index contributed by atoms with van der Waals surface area (Å²) in [4.78, 5) is 24.4. The van der Waals surface area contributed by atoms with Gasteiger partial charge in [0.15, 0.2) is 5.60 Å². The maximum Gasteiger partial charge on any atom is 0.204 e. The summed E-state index contributed by atoms with van der Waals surface area (Å²) in [5, 5.41) is 12.3. The van der Waals surface area contributed by atoms with Crippen LogP contribution < -0.4 is 4.90 Å². The molecule has 2 aliphatic heterocycles. The number of nitrogens with zero attached hydrogens (tertiary/aromatic N) is 3. The van der Waals surface area contributed by atoms with E-state index in [-0.39, 0.29) is 11.2 Å². The molecule has 1 saturated heterocycles. The van der Waals surface area contributed by atoms with Crippen molar-refractivity contribution in [2.45, 2.75) is 39.2 Å². The molecular weight excluding hydrogens is 350 g/mol. The minimum Gasteiger partial charge on any atom is -0.374 e. The fourth-order valence-electron chi connectivity index (χ4n) is 4.36. The fourth-order valence-corrected chi connectivity index (χ4v) is 4.36. The van der Waals surface area contributed by atoms with Crippen LogP contribution in [-0.2, 0) is 4.79 Å². The lowest BCUT2D eigenvalue weighted by Crippen LogP contribution is -2.50. The van der Waals surface area contributed by atoms with Gasteiger partial charge < -0.3 is 10.0 Å². The Labute approximate surface area is 164 Å². The van der Waals surface area contributed by atoms with Crippen LogP contribution in [0.25, 0.3) is 10.9 Å². The molecule has 1 aromatic heterocycles. The number of ketones is 1. The Balaban J connectivity index is 1.63. The van der Waals surface area contributed by atoms with Crippen LogP contribution >= 0.6 is 0 Å². The summed E-state index contributed by atoms with van der Waals surface area (Å²) in [6.07, 6.45) is 4.74. The second kappa shape index (κ2) is 5.61. The van der Waals surface area contributed by atoms with Gasteiger partial charge in [0.1, 0.15) is 5.84 Å². The Hall–Kier alpha value is -2.79. The second-order valence-electron chi connectivity index (χ2n) is 8.66. The lowest BCUT2D eigenvalue weighted by molar-refractivity contribution is -0.127. The average Bonchev–Trinajstić information content (AvgIpc) is 3.01. The molecule has 0 bridgehead atoms. The minimum absolute atomic E-state index is 0.0450. The standard InChI is InChI=1S/C23H23N3O2/c1-14-11-17-19(13-22(14,2)3)25-21-23(28,20(17)27)8-10-26(21)16-6-7-18-15(12-16)5-4-9-24-18/h4-7,9,11-12,28H,8,10,13H2,1-3H3/t23-/m1/s1. The van der Waals surface area contributed by atoms with Gasteiger partial charge in [-0.05, 0) is 49.1 Å². The number of amidine groups is 1. The number of carbonyl (C=O) groups is 1. The molecule has 5 heteroatoms. The first kappa shape index (κ1) is 17.3. The monoisotopic (exact) mass is 373 g/mol. The predicted molar refractivity (Wildman–Crippen MR) is 110 cm³/mol. The Morgan fingerprint density at radius 3 is 2.86 bits per heavy atom. The molecule has 3 heterocycles. The summed E-state index contributed by atoms with van der Waals surface area (Å²) in [6.45, 7) is 6.93. The lowest BCUT2D eigenvalue weighted by Gasteiger charge is -2.36. The highest BCUT2D eigenvalue weighted by Crippen LogP contribution is 2.45. The highest BCUT2D eigenvalue weighted by atomic mass is 16.3. The normalized spacial score (nSPS) is 26.1. The van der Waals surface area contributed by atoms with E-state index in [0.29, 0.717) is 30.8 Å². The summed E-state index contributed by atoms with van der Waals surface area (Å²) >= 11 is 0. The SMILES string of the molecule is CC1=CC2=C(CC1(C)C)N=C1N(c3ccc4ncccc4c3)CC[C@@]1(O)C2=O. The van der Waals surface area contributed by atoms with E-state index in [2.05, 4.69) is 18.8 Å². The number of anilines is 1. The van der Waals surface area contributed by atoms with Gasteiger partial charge in [0.25, 0.3) is 0 Å². The number of aliphatic imine (C=N–C) groups is 1. The van der Waals surface area contributed by atoms with Gasteiger partial charge in [-0.3, -0.25) is 9.78 Å². The van der Waals surface area contributed by atoms with Gasteiger partial charge in [-0.1, -0.05) is 25.5 Å². The first-order chi connectivity index (χ1) is 13.3. The maximum absolute atomic E-state index is 13.2. The van der Waals surface area contributed by atoms with Crippen molar-refractivity contribution in [3.05, 3.63) is 59.4 Å². The van der Waals surface area contributed by atoms with Crippen molar-refractivity contribution >= 4 is 28.2 Å². The number of hydrogen-bond acceptors (Lipinski definition) is 5. The quantitative estimate of drug-likeness (QED) is 0.826. The van der Waals surface area contributed by atoms with Crippen molar-refractivity contribution < 1.29 is 9.90 Å². The molecule has 0 radical (unpaired) electrons. The van der Waals surface area contributed by atoms with Crippen LogP contribution in [0.4, 0.5) is 5.69 Å². The van der Waals surface area contributed by atoms with Gasteiger partial charge in [-0.2, -0.15) is 0 Å². The van der Waals surface area contributed by atoms with E-state index < -0.39 is 5.60 Å². The van der Waals surface area contributed by atoms with Gasteiger partial charge in [-0.15, -0.1) is 0 Å². The fraction of sp³-hybridized carbons (Fsp3) is 0.348. The highest BCUT2D eigenvalue weighted by molar-refractivity contribution is 6.27. The van der Waals surface area contributed by atoms with Crippen LogP contribution in [0.2, 0.25) is 0 Å². The van der Waals surface area contributed by atoms with Crippen molar-refractivity contribution in [3.63, 3.8) is 0 Å². The van der Waals surface area contributed by atoms with E-state index >= 15 is 0 Å². The topological polar surface area (TPSA) is 65.8 Å². The second-order valence-corrected chi connectivity index (χ2v) is 8.66. The molecule has 0 amide bonds. The molecule has 2 aromatic rings. The molecule has 1 aromatic carbocycles. The number of fused-ring (bicyclic) bond motifs is 2. The first-order valence-corrected chi connectivity index (χ1v) is 9.70. The van der Waals surface area contributed by atoms with E-state index in [4.69, 9.17) is 4.99 Å². The van der Waals surface area contributed by atoms with E-state index in [1.54, 1.807) is 6.20 Å². The molecule has 1 aliphatic carbocycles. The molecule has 28 heavy (non-hydrogen) atoms. The average molecular weight is 373 g/mol. The van der Waals surface area contributed by atoms with Crippen LogP contribution in [0.5, 0.6) is 0 Å². The lowest BCUT2D eigenvalue weighted by atomic mass is 9.73. The molecule has 142 valence electrons. The molecule has 0 saturated carbocycles. The number of allylic oxidation sites excluding steroid dienone is 3. The maximum atomic E-state index is 13.2. The van der Waals surface area contributed by atoms with Crippen LogP contribution in [-0.4, -0.2) is 33.9 Å². The molecule has 5 rings (SSSR count). The molecule has 1 N–H and O–H groups in total. The minimum atomic E-state index is -1.54. The summed E-state index contributed by atoms with van der Waals surface area (Å²) in [5.74, 6) is 0.246. The summed E-state index contributed by atoms with van der Waals surface area (Å²) in [7, 11) is 0. The van der Waals surface area contributed by atoms with Gasteiger partial charge >= 0.3 is 0 Å². The van der Waals surface area contributed by atoms with E-state index in [1.807, 2.05) is 48.2 Å². The number of carbonyl (C=O) groups excluding carboxylic acids is 1. The molecule has 0 spiro atoms.